The topological polar surface area (TPSA) is 65.2 Å². The van der Waals surface area contributed by atoms with E-state index >= 15 is 0 Å². The molecule has 1 amide bonds. The molecule has 2 aliphatic heterocycles. The fraction of sp³-hybridized carbons (Fsp3) is 0.533. The molecule has 2 fully saturated rings. The molecule has 0 aromatic heterocycles. The zero-order chi connectivity index (χ0) is 14.7. The Morgan fingerprint density at radius 2 is 2.00 bits per heavy atom. The summed E-state index contributed by atoms with van der Waals surface area (Å²) in [6.07, 6.45) is 2.92. The van der Waals surface area contributed by atoms with E-state index in [1.165, 1.54) is 0 Å². The number of carbonyl (C=O) groups excluding carboxylic acids is 1. The molecule has 4 N–H and O–H groups in total. The summed E-state index contributed by atoms with van der Waals surface area (Å²) in [4.78, 5) is 12.3. The first-order chi connectivity index (χ1) is 10.2. The molecule has 7 heteroatoms. The van der Waals surface area contributed by atoms with Crippen molar-refractivity contribution in [2.24, 2.45) is 0 Å². The Morgan fingerprint density at radius 1 is 1.23 bits per heavy atom. The Kier molecular flexibility index (Phi) is 6.47. The number of nitrogens with one attached hydrogen (secondary N) is 4. The van der Waals surface area contributed by atoms with Crippen LogP contribution in [0.5, 0.6) is 0 Å². The molecule has 0 saturated carbocycles. The third-order valence-electron chi connectivity index (χ3n) is 4.14. The minimum Gasteiger partial charge on any atom is -0.351 e. The van der Waals surface area contributed by atoms with E-state index < -0.39 is 0 Å². The molecule has 2 saturated heterocycles. The Morgan fingerprint density at radius 3 is 2.68 bits per heavy atom. The maximum absolute atomic E-state index is 12.3. The van der Waals surface area contributed by atoms with Gasteiger partial charge in [0.1, 0.15) is 6.04 Å². The standard InChI is InChI=1S/C15H21ClN4O.ClH/c16-11-5-3-10(4-6-11)13-8-14(20-19-13)15(21)18-12-2-1-7-17-9-12;/h3-6,12-14,17,19-20H,1-2,7-9H2,(H,18,21);1H. The highest BCUT2D eigenvalue weighted by Crippen LogP contribution is 2.23. The molecule has 0 bridgehead atoms. The van der Waals surface area contributed by atoms with Gasteiger partial charge in [-0.15, -0.1) is 12.4 Å². The van der Waals surface area contributed by atoms with Crippen molar-refractivity contribution in [3.05, 3.63) is 34.9 Å². The van der Waals surface area contributed by atoms with Crippen molar-refractivity contribution >= 4 is 29.9 Å². The third kappa shape index (κ3) is 4.33. The lowest BCUT2D eigenvalue weighted by atomic mass is 10.0. The van der Waals surface area contributed by atoms with E-state index in [-0.39, 0.29) is 36.4 Å². The molecule has 3 atom stereocenters. The van der Waals surface area contributed by atoms with Gasteiger partial charge in [-0.1, -0.05) is 23.7 Å². The molecule has 0 radical (unpaired) electrons. The van der Waals surface area contributed by atoms with Gasteiger partial charge in [0.2, 0.25) is 5.91 Å². The molecule has 1 aromatic rings. The molecule has 1 aromatic carbocycles. The number of hydrazine groups is 1. The van der Waals surface area contributed by atoms with Crippen molar-refractivity contribution in [2.45, 2.75) is 37.4 Å². The van der Waals surface area contributed by atoms with Crippen LogP contribution in [0.15, 0.2) is 24.3 Å². The van der Waals surface area contributed by atoms with Crippen LogP contribution in [-0.4, -0.2) is 31.1 Å². The Hall–Kier alpha value is -0.850. The molecule has 2 aliphatic rings. The maximum Gasteiger partial charge on any atom is 0.238 e. The summed E-state index contributed by atoms with van der Waals surface area (Å²) in [5, 5.41) is 7.15. The molecular weight excluding hydrogens is 323 g/mol. The minimum atomic E-state index is -0.187. The quantitative estimate of drug-likeness (QED) is 0.671. The van der Waals surface area contributed by atoms with Crippen LogP contribution in [-0.2, 0) is 4.79 Å². The van der Waals surface area contributed by atoms with Crippen LogP contribution in [0.4, 0.5) is 0 Å². The Labute approximate surface area is 141 Å². The predicted octanol–water partition coefficient (Wildman–Crippen LogP) is 1.54. The van der Waals surface area contributed by atoms with Gasteiger partial charge in [-0.3, -0.25) is 4.79 Å². The predicted molar refractivity (Wildman–Crippen MR) is 90.2 cm³/mol. The van der Waals surface area contributed by atoms with E-state index in [0.29, 0.717) is 0 Å². The minimum absolute atomic E-state index is 0. The van der Waals surface area contributed by atoms with Gasteiger partial charge in [0.15, 0.2) is 0 Å². The smallest absolute Gasteiger partial charge is 0.238 e. The van der Waals surface area contributed by atoms with Gasteiger partial charge in [-0.25, -0.2) is 10.9 Å². The number of rotatable bonds is 3. The first-order valence-electron chi connectivity index (χ1n) is 7.50. The van der Waals surface area contributed by atoms with Crippen molar-refractivity contribution in [1.82, 2.24) is 21.5 Å². The number of carbonyl (C=O) groups is 1. The van der Waals surface area contributed by atoms with E-state index in [2.05, 4.69) is 21.5 Å². The van der Waals surface area contributed by atoms with E-state index in [0.717, 1.165) is 42.9 Å². The molecule has 3 unspecified atom stereocenters. The largest absolute Gasteiger partial charge is 0.351 e. The lowest BCUT2D eigenvalue weighted by molar-refractivity contribution is -0.123. The normalized spacial score (nSPS) is 28.0. The fourth-order valence-electron chi connectivity index (χ4n) is 2.92. The highest BCUT2D eigenvalue weighted by molar-refractivity contribution is 6.30. The van der Waals surface area contributed by atoms with Crippen LogP contribution < -0.4 is 21.5 Å². The van der Waals surface area contributed by atoms with Gasteiger partial charge in [0.25, 0.3) is 0 Å². The van der Waals surface area contributed by atoms with Crippen LogP contribution in [0.2, 0.25) is 5.02 Å². The zero-order valence-corrected chi connectivity index (χ0v) is 13.8. The van der Waals surface area contributed by atoms with Crippen LogP contribution in [0, 0.1) is 0 Å². The summed E-state index contributed by atoms with van der Waals surface area (Å²) in [7, 11) is 0. The number of hydrogen-bond donors (Lipinski definition) is 4. The van der Waals surface area contributed by atoms with Crippen molar-refractivity contribution in [3.63, 3.8) is 0 Å². The second-order valence-electron chi connectivity index (χ2n) is 5.73. The summed E-state index contributed by atoms with van der Waals surface area (Å²) >= 11 is 5.90. The average Bonchev–Trinajstić information content (AvgIpc) is 2.99. The van der Waals surface area contributed by atoms with Gasteiger partial charge in [0.05, 0.1) is 0 Å². The summed E-state index contributed by atoms with van der Waals surface area (Å²) in [5.41, 5.74) is 7.43. The molecular formula is C15H22Cl2N4O. The Bertz CT molecular complexity index is 491. The molecule has 122 valence electrons. The van der Waals surface area contributed by atoms with Crippen LogP contribution in [0.25, 0.3) is 0 Å². The monoisotopic (exact) mass is 344 g/mol. The number of hydrogen-bond acceptors (Lipinski definition) is 4. The van der Waals surface area contributed by atoms with Crippen LogP contribution >= 0.6 is 24.0 Å². The molecule has 0 spiro atoms. The van der Waals surface area contributed by atoms with Crippen molar-refractivity contribution in [3.8, 4) is 0 Å². The van der Waals surface area contributed by atoms with Crippen molar-refractivity contribution in [1.29, 1.82) is 0 Å². The summed E-state index contributed by atoms with van der Waals surface area (Å²) < 4.78 is 0. The highest BCUT2D eigenvalue weighted by atomic mass is 35.5. The summed E-state index contributed by atoms with van der Waals surface area (Å²) in [6.45, 7) is 1.92. The molecule has 3 rings (SSSR count). The van der Waals surface area contributed by atoms with Gasteiger partial charge >= 0.3 is 0 Å². The first kappa shape index (κ1) is 17.5. The number of amides is 1. The average molecular weight is 345 g/mol. The second kappa shape index (κ2) is 8.13. The summed E-state index contributed by atoms with van der Waals surface area (Å²) in [5.74, 6) is 0.0765. The molecule has 5 nitrogen and oxygen atoms in total. The van der Waals surface area contributed by atoms with E-state index in [4.69, 9.17) is 11.6 Å². The fourth-order valence-corrected chi connectivity index (χ4v) is 3.04. The maximum atomic E-state index is 12.3. The number of piperidine rings is 1. The zero-order valence-electron chi connectivity index (χ0n) is 12.3. The number of benzene rings is 1. The number of halogens is 2. The van der Waals surface area contributed by atoms with Crippen LogP contribution in [0.3, 0.4) is 0 Å². The lowest BCUT2D eigenvalue weighted by Crippen LogP contribution is -2.51. The van der Waals surface area contributed by atoms with Gasteiger partial charge in [0, 0.05) is 23.7 Å². The van der Waals surface area contributed by atoms with E-state index in [1.54, 1.807) is 0 Å². The first-order valence-corrected chi connectivity index (χ1v) is 7.88. The van der Waals surface area contributed by atoms with Gasteiger partial charge < -0.3 is 10.6 Å². The highest BCUT2D eigenvalue weighted by Gasteiger charge is 2.31. The molecule has 22 heavy (non-hydrogen) atoms. The van der Waals surface area contributed by atoms with Crippen LogP contribution in [0.1, 0.15) is 30.9 Å². The van der Waals surface area contributed by atoms with Gasteiger partial charge in [-0.05, 0) is 43.5 Å². The second-order valence-corrected chi connectivity index (χ2v) is 6.17. The summed E-state index contributed by atoms with van der Waals surface area (Å²) in [6, 6.07) is 7.94. The SMILES string of the molecule is Cl.O=C(NC1CCCNC1)C1CC(c2ccc(Cl)cc2)NN1. The third-order valence-corrected chi connectivity index (χ3v) is 4.39. The van der Waals surface area contributed by atoms with E-state index in [9.17, 15) is 4.79 Å². The Balaban J connectivity index is 0.00000176. The van der Waals surface area contributed by atoms with Crippen molar-refractivity contribution < 1.29 is 4.79 Å². The van der Waals surface area contributed by atoms with Gasteiger partial charge in [-0.2, -0.15) is 0 Å². The molecule has 0 aliphatic carbocycles. The molecule has 2 heterocycles. The van der Waals surface area contributed by atoms with E-state index in [1.807, 2.05) is 24.3 Å². The van der Waals surface area contributed by atoms with Crippen molar-refractivity contribution in [2.75, 3.05) is 13.1 Å². The lowest BCUT2D eigenvalue weighted by Gasteiger charge is -2.25.